The lowest BCUT2D eigenvalue weighted by Gasteiger charge is -2.28. The van der Waals surface area contributed by atoms with E-state index >= 15 is 0 Å². The van der Waals surface area contributed by atoms with Gasteiger partial charge in [0.25, 0.3) is 0 Å². The molecule has 4 heteroatoms. The van der Waals surface area contributed by atoms with E-state index in [0.717, 1.165) is 41.5 Å². The second-order valence-electron chi connectivity index (χ2n) is 4.87. The van der Waals surface area contributed by atoms with E-state index in [1.54, 1.807) is 7.11 Å². The van der Waals surface area contributed by atoms with E-state index in [1.807, 2.05) is 37.4 Å². The summed E-state index contributed by atoms with van der Waals surface area (Å²) in [6.45, 7) is 2.73. The number of pyridine rings is 1. The third-order valence-electron chi connectivity index (χ3n) is 3.59. The first-order valence-electron chi connectivity index (χ1n) is 6.77. The molecule has 0 fully saturated rings. The van der Waals surface area contributed by atoms with Crippen LogP contribution in [0.5, 0.6) is 11.5 Å². The Morgan fingerprint density at radius 2 is 2.25 bits per heavy atom. The topological polar surface area (TPSA) is 43.4 Å². The largest absolute Gasteiger partial charge is 0.497 e. The van der Waals surface area contributed by atoms with Gasteiger partial charge in [0.15, 0.2) is 0 Å². The maximum atomic E-state index is 5.71. The van der Waals surface area contributed by atoms with E-state index in [2.05, 4.69) is 16.4 Å². The zero-order chi connectivity index (χ0) is 13.9. The van der Waals surface area contributed by atoms with E-state index in [4.69, 9.17) is 9.47 Å². The van der Waals surface area contributed by atoms with Crippen molar-refractivity contribution >= 4 is 5.69 Å². The zero-order valence-corrected chi connectivity index (χ0v) is 11.7. The number of benzene rings is 1. The first-order valence-corrected chi connectivity index (χ1v) is 6.77. The molecular weight excluding hydrogens is 252 g/mol. The minimum atomic E-state index is 0.219. The predicted molar refractivity (Wildman–Crippen MR) is 78.4 cm³/mol. The second-order valence-corrected chi connectivity index (χ2v) is 4.87. The highest BCUT2D eigenvalue weighted by Gasteiger charge is 2.22. The van der Waals surface area contributed by atoms with Crippen molar-refractivity contribution in [2.75, 3.05) is 19.0 Å². The lowest BCUT2D eigenvalue weighted by Crippen LogP contribution is -2.21. The van der Waals surface area contributed by atoms with Crippen molar-refractivity contribution in [1.82, 2.24) is 4.98 Å². The SMILES string of the molecule is COc1ccc2c(c1)C(Nc1cccnc1C)CCO2. The van der Waals surface area contributed by atoms with Gasteiger partial charge in [-0.1, -0.05) is 0 Å². The molecule has 1 N–H and O–H groups in total. The van der Waals surface area contributed by atoms with Gasteiger partial charge in [-0.05, 0) is 37.3 Å². The number of nitrogens with one attached hydrogen (secondary N) is 1. The van der Waals surface area contributed by atoms with Gasteiger partial charge in [0.05, 0.1) is 31.1 Å². The monoisotopic (exact) mass is 270 g/mol. The molecule has 0 saturated heterocycles. The van der Waals surface area contributed by atoms with Gasteiger partial charge in [-0.15, -0.1) is 0 Å². The van der Waals surface area contributed by atoms with Crippen molar-refractivity contribution in [3.05, 3.63) is 47.8 Å². The molecule has 1 aliphatic heterocycles. The molecule has 1 atom stereocenters. The Bertz CT molecular complexity index is 613. The quantitative estimate of drug-likeness (QED) is 0.929. The number of ether oxygens (including phenoxy) is 2. The smallest absolute Gasteiger partial charge is 0.124 e. The summed E-state index contributed by atoms with van der Waals surface area (Å²) in [5, 5.41) is 3.56. The van der Waals surface area contributed by atoms with Gasteiger partial charge in [-0.3, -0.25) is 4.98 Å². The van der Waals surface area contributed by atoms with Crippen LogP contribution < -0.4 is 14.8 Å². The molecule has 1 unspecified atom stereocenters. The average molecular weight is 270 g/mol. The van der Waals surface area contributed by atoms with Crippen LogP contribution in [0, 0.1) is 6.92 Å². The van der Waals surface area contributed by atoms with Gasteiger partial charge in [-0.25, -0.2) is 0 Å². The Kier molecular flexibility index (Phi) is 3.46. The highest BCUT2D eigenvalue weighted by Crippen LogP contribution is 2.36. The fourth-order valence-electron chi connectivity index (χ4n) is 2.47. The third-order valence-corrected chi connectivity index (χ3v) is 3.59. The van der Waals surface area contributed by atoms with Crippen LogP contribution in [0.4, 0.5) is 5.69 Å². The van der Waals surface area contributed by atoms with E-state index in [1.165, 1.54) is 0 Å². The maximum absolute atomic E-state index is 5.71. The van der Waals surface area contributed by atoms with Crippen LogP contribution in [0.1, 0.15) is 23.7 Å². The van der Waals surface area contributed by atoms with Crippen molar-refractivity contribution in [3.63, 3.8) is 0 Å². The van der Waals surface area contributed by atoms with E-state index in [0.29, 0.717) is 0 Å². The van der Waals surface area contributed by atoms with Crippen LogP contribution in [0.2, 0.25) is 0 Å². The summed E-state index contributed by atoms with van der Waals surface area (Å²) in [7, 11) is 1.68. The summed E-state index contributed by atoms with van der Waals surface area (Å²) in [5.74, 6) is 1.78. The molecule has 0 radical (unpaired) electrons. The Morgan fingerprint density at radius 1 is 1.35 bits per heavy atom. The van der Waals surface area contributed by atoms with Crippen molar-refractivity contribution in [1.29, 1.82) is 0 Å². The molecule has 2 heterocycles. The van der Waals surface area contributed by atoms with Crippen LogP contribution in [0.25, 0.3) is 0 Å². The zero-order valence-electron chi connectivity index (χ0n) is 11.7. The Hall–Kier alpha value is -2.23. The van der Waals surface area contributed by atoms with Gasteiger partial charge in [-0.2, -0.15) is 0 Å². The fourth-order valence-corrected chi connectivity index (χ4v) is 2.47. The summed E-state index contributed by atoms with van der Waals surface area (Å²) < 4.78 is 11.0. The molecular formula is C16H18N2O2. The third kappa shape index (κ3) is 2.41. The molecule has 2 aromatic rings. The summed E-state index contributed by atoms with van der Waals surface area (Å²) in [5.41, 5.74) is 3.20. The Labute approximate surface area is 118 Å². The van der Waals surface area contributed by atoms with E-state index in [-0.39, 0.29) is 6.04 Å². The lowest BCUT2D eigenvalue weighted by molar-refractivity contribution is 0.273. The summed E-state index contributed by atoms with van der Waals surface area (Å²) in [6.07, 6.45) is 2.73. The highest BCUT2D eigenvalue weighted by atomic mass is 16.5. The number of rotatable bonds is 3. The van der Waals surface area contributed by atoms with Crippen molar-refractivity contribution in [2.24, 2.45) is 0 Å². The number of anilines is 1. The minimum Gasteiger partial charge on any atom is -0.497 e. The van der Waals surface area contributed by atoms with E-state index < -0.39 is 0 Å². The number of fused-ring (bicyclic) bond motifs is 1. The number of aryl methyl sites for hydroxylation is 1. The molecule has 0 aliphatic carbocycles. The molecule has 104 valence electrons. The minimum absolute atomic E-state index is 0.219. The highest BCUT2D eigenvalue weighted by molar-refractivity contribution is 5.52. The molecule has 0 saturated carbocycles. The molecule has 20 heavy (non-hydrogen) atoms. The first kappa shape index (κ1) is 12.8. The number of methoxy groups -OCH3 is 1. The van der Waals surface area contributed by atoms with Crippen LogP contribution >= 0.6 is 0 Å². The Morgan fingerprint density at radius 3 is 3.05 bits per heavy atom. The lowest BCUT2D eigenvalue weighted by atomic mass is 9.99. The van der Waals surface area contributed by atoms with Crippen molar-refractivity contribution in [3.8, 4) is 11.5 Å². The first-order chi connectivity index (χ1) is 9.78. The van der Waals surface area contributed by atoms with Crippen LogP contribution in [0.15, 0.2) is 36.5 Å². The molecule has 1 aromatic heterocycles. The van der Waals surface area contributed by atoms with Gasteiger partial charge < -0.3 is 14.8 Å². The number of aromatic nitrogens is 1. The molecule has 0 spiro atoms. The second kappa shape index (κ2) is 5.41. The normalized spacial score (nSPS) is 17.0. The van der Waals surface area contributed by atoms with Gasteiger partial charge in [0.2, 0.25) is 0 Å². The standard InChI is InChI=1S/C16H18N2O2/c1-11-14(4-3-8-17-11)18-15-7-9-20-16-6-5-12(19-2)10-13(15)16/h3-6,8,10,15,18H,7,9H2,1-2H3. The summed E-state index contributed by atoms with van der Waals surface area (Å²) >= 11 is 0. The molecule has 4 nitrogen and oxygen atoms in total. The molecule has 1 aromatic carbocycles. The van der Waals surface area contributed by atoms with E-state index in [9.17, 15) is 0 Å². The predicted octanol–water partition coefficient (Wildman–Crippen LogP) is 3.33. The van der Waals surface area contributed by atoms with Crippen molar-refractivity contribution in [2.45, 2.75) is 19.4 Å². The van der Waals surface area contributed by atoms with Crippen LogP contribution in [-0.4, -0.2) is 18.7 Å². The van der Waals surface area contributed by atoms with Gasteiger partial charge in [0, 0.05) is 18.2 Å². The van der Waals surface area contributed by atoms with Crippen LogP contribution in [0.3, 0.4) is 0 Å². The van der Waals surface area contributed by atoms with Crippen LogP contribution in [-0.2, 0) is 0 Å². The molecule has 1 aliphatic rings. The molecule has 3 rings (SSSR count). The molecule has 0 bridgehead atoms. The molecule has 0 amide bonds. The fraction of sp³-hybridized carbons (Fsp3) is 0.312. The number of hydrogen-bond acceptors (Lipinski definition) is 4. The average Bonchev–Trinajstić information content (AvgIpc) is 2.49. The van der Waals surface area contributed by atoms with Gasteiger partial charge >= 0.3 is 0 Å². The number of nitrogens with zero attached hydrogens (tertiary/aromatic N) is 1. The summed E-state index contributed by atoms with van der Waals surface area (Å²) in [4.78, 5) is 4.32. The van der Waals surface area contributed by atoms with Gasteiger partial charge in [0.1, 0.15) is 11.5 Å². The van der Waals surface area contributed by atoms with Crippen molar-refractivity contribution < 1.29 is 9.47 Å². The Balaban J connectivity index is 1.91. The maximum Gasteiger partial charge on any atom is 0.124 e. The number of hydrogen-bond donors (Lipinski definition) is 1. The summed E-state index contributed by atoms with van der Waals surface area (Å²) in [6, 6.07) is 10.2.